The van der Waals surface area contributed by atoms with Crippen LogP contribution in [0.4, 0.5) is 13.2 Å². The summed E-state index contributed by atoms with van der Waals surface area (Å²) in [4.78, 5) is 15.6. The lowest BCUT2D eigenvalue weighted by atomic mass is 10.1. The number of Topliss-reactive ketones (excluding diaryl/α,β-unsaturated/α-hetero) is 1. The largest absolute Gasteiger partial charge is 0.471 e. The van der Waals surface area contributed by atoms with E-state index >= 15 is 0 Å². The first-order chi connectivity index (χ1) is 13.1. The van der Waals surface area contributed by atoms with E-state index in [1.165, 1.54) is 36.4 Å². The Hall–Kier alpha value is -3.01. The van der Waals surface area contributed by atoms with Crippen molar-refractivity contribution in [3.05, 3.63) is 65.5 Å². The van der Waals surface area contributed by atoms with Gasteiger partial charge in [-0.25, -0.2) is 8.42 Å². The van der Waals surface area contributed by atoms with E-state index in [4.69, 9.17) is 0 Å². The van der Waals surface area contributed by atoms with E-state index in [1.54, 1.807) is 19.1 Å². The van der Waals surface area contributed by atoms with Crippen molar-refractivity contribution < 1.29 is 30.9 Å². The molecule has 3 aromatic rings. The van der Waals surface area contributed by atoms with Gasteiger partial charge < -0.3 is 4.52 Å². The Bertz CT molecular complexity index is 1120. The van der Waals surface area contributed by atoms with E-state index in [0.29, 0.717) is 0 Å². The summed E-state index contributed by atoms with van der Waals surface area (Å²) >= 11 is 0. The molecule has 0 saturated carbocycles. The second kappa shape index (κ2) is 7.19. The molecule has 0 fully saturated rings. The van der Waals surface area contributed by atoms with Crippen LogP contribution in [0.3, 0.4) is 0 Å². The fraction of sp³-hybridized carbons (Fsp3) is 0.167. The van der Waals surface area contributed by atoms with Crippen molar-refractivity contribution >= 4 is 15.6 Å². The van der Waals surface area contributed by atoms with Crippen molar-refractivity contribution in [3.63, 3.8) is 0 Å². The predicted octanol–water partition coefficient (Wildman–Crippen LogP) is 3.72. The zero-order valence-electron chi connectivity index (χ0n) is 14.4. The summed E-state index contributed by atoms with van der Waals surface area (Å²) in [5.74, 6) is -3.14. The number of rotatable bonds is 5. The lowest BCUT2D eigenvalue weighted by molar-refractivity contribution is -0.159. The molecule has 6 nitrogen and oxygen atoms in total. The van der Waals surface area contributed by atoms with E-state index in [1.807, 2.05) is 0 Å². The first-order valence-electron chi connectivity index (χ1n) is 7.90. The molecule has 0 bridgehead atoms. The minimum atomic E-state index is -4.76. The van der Waals surface area contributed by atoms with Gasteiger partial charge in [-0.2, -0.15) is 18.2 Å². The zero-order chi connectivity index (χ0) is 20.5. The Morgan fingerprint density at radius 2 is 1.79 bits per heavy atom. The van der Waals surface area contributed by atoms with E-state index in [2.05, 4.69) is 14.7 Å². The van der Waals surface area contributed by atoms with Crippen LogP contribution in [0.25, 0.3) is 11.4 Å². The van der Waals surface area contributed by atoms with E-state index in [0.717, 1.165) is 5.56 Å². The number of nitrogens with zero attached hydrogens (tertiary/aromatic N) is 2. The average molecular weight is 410 g/mol. The number of hydrogen-bond donors (Lipinski definition) is 0. The molecule has 3 rings (SSSR count). The smallest absolute Gasteiger partial charge is 0.329 e. The summed E-state index contributed by atoms with van der Waals surface area (Å²) in [6.45, 7) is 1.74. The molecule has 0 aliphatic rings. The molecule has 1 aromatic heterocycles. The highest BCUT2D eigenvalue weighted by Crippen LogP contribution is 2.29. The molecular weight excluding hydrogens is 397 g/mol. The van der Waals surface area contributed by atoms with Gasteiger partial charge in [0.15, 0.2) is 15.6 Å². The molecule has 0 aliphatic carbocycles. The highest BCUT2D eigenvalue weighted by atomic mass is 32.2. The molecule has 28 heavy (non-hydrogen) atoms. The number of ketones is 1. The van der Waals surface area contributed by atoms with Crippen LogP contribution in [0.1, 0.15) is 21.8 Å². The molecule has 0 amide bonds. The molecule has 0 aliphatic heterocycles. The number of benzene rings is 2. The SMILES string of the molecule is Cc1cccc(S(=O)(=O)CC(=O)c2ccc(-c3noc(C(F)(F)F)n3)cc2)c1. The first-order valence-corrected chi connectivity index (χ1v) is 9.55. The molecule has 0 spiro atoms. The number of carbonyl (C=O) groups is 1. The number of sulfone groups is 1. The Morgan fingerprint density at radius 1 is 1.11 bits per heavy atom. The second-order valence-electron chi connectivity index (χ2n) is 6.00. The normalized spacial score (nSPS) is 12.1. The number of carbonyl (C=O) groups excluding carboxylic acids is 1. The summed E-state index contributed by atoms with van der Waals surface area (Å²) in [5, 5.41) is 3.25. The third kappa shape index (κ3) is 4.28. The van der Waals surface area contributed by atoms with E-state index < -0.39 is 33.4 Å². The van der Waals surface area contributed by atoms with Crippen LogP contribution in [-0.4, -0.2) is 30.1 Å². The number of aryl methyl sites for hydroxylation is 1. The van der Waals surface area contributed by atoms with Gasteiger partial charge in [-0.3, -0.25) is 4.79 Å². The zero-order valence-corrected chi connectivity index (χ0v) is 15.2. The summed E-state index contributed by atoms with van der Waals surface area (Å²) < 4.78 is 66.5. The van der Waals surface area contributed by atoms with E-state index in [-0.39, 0.29) is 21.8 Å². The Balaban J connectivity index is 1.78. The highest BCUT2D eigenvalue weighted by molar-refractivity contribution is 7.92. The van der Waals surface area contributed by atoms with Gasteiger partial charge in [0, 0.05) is 11.1 Å². The lowest BCUT2D eigenvalue weighted by Crippen LogP contribution is -2.16. The lowest BCUT2D eigenvalue weighted by Gasteiger charge is -2.05. The van der Waals surface area contributed by atoms with Gasteiger partial charge >= 0.3 is 12.1 Å². The van der Waals surface area contributed by atoms with Crippen LogP contribution in [0, 0.1) is 6.92 Å². The number of aromatic nitrogens is 2. The summed E-state index contributed by atoms with van der Waals surface area (Å²) in [5.41, 5.74) is 1.04. The number of alkyl halides is 3. The van der Waals surface area contributed by atoms with Gasteiger partial charge in [0.05, 0.1) is 4.90 Å². The Kier molecular flexibility index (Phi) is 5.07. The minimum Gasteiger partial charge on any atom is -0.329 e. The number of hydrogen-bond acceptors (Lipinski definition) is 6. The molecule has 0 saturated heterocycles. The average Bonchev–Trinajstić information content (AvgIpc) is 3.12. The molecule has 1 heterocycles. The monoisotopic (exact) mass is 410 g/mol. The van der Waals surface area contributed by atoms with Crippen molar-refractivity contribution in [2.24, 2.45) is 0 Å². The molecule has 10 heteroatoms. The topological polar surface area (TPSA) is 90.1 Å². The standard InChI is InChI=1S/C18H13F3N2O4S/c1-11-3-2-4-14(9-11)28(25,26)10-15(24)12-5-7-13(8-6-12)16-22-17(27-23-16)18(19,20)21/h2-9H,10H2,1H3. The molecular formula is C18H13F3N2O4S. The fourth-order valence-electron chi connectivity index (χ4n) is 2.41. The predicted molar refractivity (Wildman–Crippen MR) is 92.3 cm³/mol. The van der Waals surface area contributed by atoms with Crippen molar-refractivity contribution in [1.29, 1.82) is 0 Å². The highest BCUT2D eigenvalue weighted by Gasteiger charge is 2.38. The van der Waals surface area contributed by atoms with Gasteiger partial charge in [-0.05, 0) is 24.6 Å². The molecule has 0 radical (unpaired) electrons. The maximum Gasteiger partial charge on any atom is 0.471 e. The van der Waals surface area contributed by atoms with Gasteiger partial charge in [0.1, 0.15) is 5.75 Å². The molecule has 0 unspecified atom stereocenters. The van der Waals surface area contributed by atoms with Gasteiger partial charge in [-0.1, -0.05) is 41.6 Å². The maximum atomic E-state index is 12.5. The van der Waals surface area contributed by atoms with Gasteiger partial charge in [-0.15, -0.1) is 0 Å². The van der Waals surface area contributed by atoms with Crippen molar-refractivity contribution in [3.8, 4) is 11.4 Å². The van der Waals surface area contributed by atoms with Crippen molar-refractivity contribution in [1.82, 2.24) is 10.1 Å². The van der Waals surface area contributed by atoms with Crippen LogP contribution in [0.15, 0.2) is 57.9 Å². The Morgan fingerprint density at radius 3 is 2.36 bits per heavy atom. The molecule has 2 aromatic carbocycles. The fourth-order valence-corrected chi connectivity index (χ4v) is 3.74. The van der Waals surface area contributed by atoms with Crippen molar-refractivity contribution in [2.75, 3.05) is 5.75 Å². The van der Waals surface area contributed by atoms with Crippen LogP contribution in [-0.2, 0) is 16.0 Å². The molecule has 0 atom stereocenters. The van der Waals surface area contributed by atoms with Gasteiger partial charge in [0.25, 0.3) is 0 Å². The maximum absolute atomic E-state index is 12.5. The first kappa shape index (κ1) is 19.7. The van der Waals surface area contributed by atoms with Crippen LogP contribution < -0.4 is 0 Å². The number of halogens is 3. The third-order valence-corrected chi connectivity index (χ3v) is 5.42. The van der Waals surface area contributed by atoms with E-state index in [9.17, 15) is 26.4 Å². The molecule has 0 N–H and O–H groups in total. The van der Waals surface area contributed by atoms with Crippen LogP contribution in [0.5, 0.6) is 0 Å². The summed E-state index contributed by atoms with van der Waals surface area (Å²) in [6.07, 6.45) is -4.76. The summed E-state index contributed by atoms with van der Waals surface area (Å²) in [7, 11) is -3.82. The van der Waals surface area contributed by atoms with Gasteiger partial charge in [0.2, 0.25) is 5.82 Å². The third-order valence-electron chi connectivity index (χ3n) is 3.80. The van der Waals surface area contributed by atoms with Crippen LogP contribution in [0.2, 0.25) is 0 Å². The Labute approximate surface area is 157 Å². The minimum absolute atomic E-state index is 0.0453. The molecule has 146 valence electrons. The quantitative estimate of drug-likeness (QED) is 0.596. The summed E-state index contributed by atoms with van der Waals surface area (Å²) in [6, 6.07) is 11.4. The second-order valence-corrected chi connectivity index (χ2v) is 7.99. The van der Waals surface area contributed by atoms with Crippen molar-refractivity contribution in [2.45, 2.75) is 18.0 Å². The van der Waals surface area contributed by atoms with Crippen LogP contribution >= 0.6 is 0 Å².